The van der Waals surface area contributed by atoms with Crippen LogP contribution >= 0.6 is 0 Å². The molecule has 3 aromatic rings. The quantitative estimate of drug-likeness (QED) is 0.383. The molecule has 0 saturated carbocycles. The molecule has 0 bridgehead atoms. The molecule has 11 heteroatoms. The van der Waals surface area contributed by atoms with Crippen molar-refractivity contribution in [2.24, 2.45) is 0 Å². The fourth-order valence-electron chi connectivity index (χ4n) is 5.02. The zero-order valence-electron chi connectivity index (χ0n) is 19.9. The lowest BCUT2D eigenvalue weighted by molar-refractivity contribution is -0.402. The van der Waals surface area contributed by atoms with Crippen molar-refractivity contribution in [3.05, 3.63) is 99.2 Å². The summed E-state index contributed by atoms with van der Waals surface area (Å²) in [6, 6.07) is 13.9. The van der Waals surface area contributed by atoms with E-state index in [0.29, 0.717) is 23.5 Å². The first-order chi connectivity index (χ1) is 18.2. The number of rotatable bonds is 6. The highest BCUT2D eigenvalue weighted by atomic mass is 19.1. The second kappa shape index (κ2) is 9.92. The number of nitrogens with zero attached hydrogens (tertiary/aromatic N) is 2. The number of amides is 1. The Morgan fingerprint density at radius 3 is 2.47 bits per heavy atom. The Morgan fingerprint density at radius 1 is 1.05 bits per heavy atom. The molecule has 2 aromatic carbocycles. The van der Waals surface area contributed by atoms with E-state index in [4.69, 9.17) is 4.42 Å². The average Bonchev–Trinajstić information content (AvgIpc) is 3.32. The molecular weight excluding hydrogens is 497 g/mol. The number of carboxylic acid groups (broad SMARTS) is 1. The van der Waals surface area contributed by atoms with Gasteiger partial charge < -0.3 is 19.6 Å². The fourth-order valence-corrected chi connectivity index (χ4v) is 5.02. The van der Waals surface area contributed by atoms with Gasteiger partial charge in [0.1, 0.15) is 22.5 Å². The summed E-state index contributed by atoms with van der Waals surface area (Å²) in [4.78, 5) is 50.3. The van der Waals surface area contributed by atoms with Gasteiger partial charge in [-0.05, 0) is 54.7 Å². The van der Waals surface area contributed by atoms with Gasteiger partial charge >= 0.3 is 5.88 Å². The van der Waals surface area contributed by atoms with Gasteiger partial charge in [-0.1, -0.05) is 24.3 Å². The molecule has 1 N–H and O–H groups in total. The van der Waals surface area contributed by atoms with Crippen LogP contribution in [-0.2, 0) is 14.4 Å². The number of halogens is 1. The number of carbonyl (C=O) groups excluding carboxylic acids is 3. The van der Waals surface area contributed by atoms with Crippen molar-refractivity contribution in [3.63, 3.8) is 0 Å². The van der Waals surface area contributed by atoms with Crippen LogP contribution in [0.1, 0.15) is 49.0 Å². The van der Waals surface area contributed by atoms with Crippen LogP contribution in [0.15, 0.2) is 76.4 Å². The van der Waals surface area contributed by atoms with Gasteiger partial charge in [0.15, 0.2) is 5.78 Å². The Bertz CT molecular complexity index is 1480. The molecule has 1 aliphatic heterocycles. The minimum atomic E-state index is -1.42. The maximum absolute atomic E-state index is 13.8. The first kappa shape index (κ1) is 24.9. The molecule has 0 radical (unpaired) electrons. The van der Waals surface area contributed by atoms with Crippen LogP contribution in [0.5, 0.6) is 0 Å². The maximum atomic E-state index is 13.8. The number of fused-ring (bicyclic) bond motifs is 1. The normalized spacial score (nSPS) is 18.8. The predicted molar refractivity (Wildman–Crippen MR) is 130 cm³/mol. The van der Waals surface area contributed by atoms with Crippen molar-refractivity contribution in [2.75, 3.05) is 10.2 Å². The highest BCUT2D eigenvalue weighted by Gasteiger charge is 2.43. The Hall–Kier alpha value is -4.80. The molecule has 2 aliphatic rings. The van der Waals surface area contributed by atoms with Gasteiger partial charge in [0.2, 0.25) is 5.91 Å². The van der Waals surface area contributed by atoms with Crippen molar-refractivity contribution < 1.29 is 33.2 Å². The molecule has 2 heterocycles. The number of hydrogen-bond donors (Lipinski definition) is 1. The number of anilines is 2. The second-order valence-corrected chi connectivity index (χ2v) is 9.09. The molecule has 38 heavy (non-hydrogen) atoms. The van der Waals surface area contributed by atoms with Gasteiger partial charge in [0.05, 0.1) is 17.4 Å². The van der Waals surface area contributed by atoms with Crippen molar-refractivity contribution in [2.45, 2.75) is 37.6 Å². The number of ketones is 1. The van der Waals surface area contributed by atoms with Gasteiger partial charge in [-0.15, -0.1) is 0 Å². The third-order valence-corrected chi connectivity index (χ3v) is 6.70. The van der Waals surface area contributed by atoms with E-state index in [1.54, 1.807) is 36.4 Å². The zero-order chi connectivity index (χ0) is 27.0. The summed E-state index contributed by atoms with van der Waals surface area (Å²) >= 11 is 0. The molecule has 0 unspecified atom stereocenters. The number of carboxylic acids is 1. The van der Waals surface area contributed by atoms with E-state index in [1.165, 1.54) is 23.1 Å². The predicted octanol–water partition coefficient (Wildman–Crippen LogP) is 3.76. The van der Waals surface area contributed by atoms with E-state index in [0.717, 1.165) is 11.6 Å². The number of hydrogen-bond acceptors (Lipinski definition) is 8. The van der Waals surface area contributed by atoms with Crippen LogP contribution < -0.4 is 15.3 Å². The number of aliphatic carboxylic acids is 1. The molecule has 0 fully saturated rings. The maximum Gasteiger partial charge on any atom is 0.433 e. The zero-order valence-corrected chi connectivity index (χ0v) is 19.9. The minimum absolute atomic E-state index is 0.0157. The summed E-state index contributed by atoms with van der Waals surface area (Å²) in [6.45, 7) is 0. The average molecular weight is 518 g/mol. The van der Waals surface area contributed by atoms with E-state index in [-0.39, 0.29) is 29.5 Å². The summed E-state index contributed by atoms with van der Waals surface area (Å²) in [5.41, 5.74) is 2.27. The number of para-hydroxylation sites is 2. The highest BCUT2D eigenvalue weighted by molar-refractivity contribution is 6.06. The number of nitrogens with one attached hydrogen (secondary N) is 1. The molecule has 1 aliphatic carbocycles. The highest BCUT2D eigenvalue weighted by Crippen LogP contribution is 2.48. The van der Waals surface area contributed by atoms with Crippen LogP contribution in [0.3, 0.4) is 0 Å². The Kier molecular flexibility index (Phi) is 6.50. The van der Waals surface area contributed by atoms with Crippen molar-refractivity contribution in [1.29, 1.82) is 0 Å². The van der Waals surface area contributed by atoms with E-state index >= 15 is 0 Å². The lowest BCUT2D eigenvalue weighted by Gasteiger charge is -2.33. The van der Waals surface area contributed by atoms with Crippen LogP contribution in [0.2, 0.25) is 0 Å². The monoisotopic (exact) mass is 518 g/mol. The third kappa shape index (κ3) is 4.65. The molecule has 2 atom stereocenters. The molecular formula is C27H21FN3O7-. The van der Waals surface area contributed by atoms with Crippen LogP contribution in [0, 0.1) is 15.9 Å². The summed E-state index contributed by atoms with van der Waals surface area (Å²) in [5.74, 6) is -3.64. The molecule has 10 nitrogen and oxygen atoms in total. The van der Waals surface area contributed by atoms with Crippen molar-refractivity contribution >= 4 is 34.9 Å². The van der Waals surface area contributed by atoms with Crippen molar-refractivity contribution in [1.82, 2.24) is 0 Å². The van der Waals surface area contributed by atoms with E-state index < -0.39 is 47.4 Å². The summed E-state index contributed by atoms with van der Waals surface area (Å²) in [7, 11) is 0. The van der Waals surface area contributed by atoms with Gasteiger partial charge in [-0.3, -0.25) is 24.6 Å². The lowest BCUT2D eigenvalue weighted by Crippen LogP contribution is -2.39. The summed E-state index contributed by atoms with van der Waals surface area (Å²) in [5, 5.41) is 25.8. The van der Waals surface area contributed by atoms with E-state index in [1.807, 2.05) is 0 Å². The van der Waals surface area contributed by atoms with Crippen LogP contribution in [0.25, 0.3) is 0 Å². The number of furan rings is 1. The topological polar surface area (TPSA) is 146 Å². The number of nitro groups is 1. The Morgan fingerprint density at radius 2 is 1.79 bits per heavy atom. The second-order valence-electron chi connectivity index (χ2n) is 9.09. The van der Waals surface area contributed by atoms with Gasteiger partial charge in [-0.25, -0.2) is 4.39 Å². The first-order valence-corrected chi connectivity index (χ1v) is 11.9. The molecule has 1 aromatic heterocycles. The molecule has 0 spiro atoms. The minimum Gasteiger partial charge on any atom is -0.550 e. The van der Waals surface area contributed by atoms with E-state index in [2.05, 4.69) is 5.32 Å². The Labute approximate surface area is 215 Å². The number of carbonyl (C=O) groups is 3. The largest absolute Gasteiger partial charge is 0.550 e. The van der Waals surface area contributed by atoms with Gasteiger partial charge in [0.25, 0.3) is 0 Å². The number of Topliss-reactive ketones (excluding diaryl/α,β-unsaturated/α-hetero) is 1. The summed E-state index contributed by atoms with van der Waals surface area (Å²) < 4.78 is 19.0. The van der Waals surface area contributed by atoms with Gasteiger partial charge in [-0.2, -0.15) is 0 Å². The van der Waals surface area contributed by atoms with Crippen molar-refractivity contribution in [3.8, 4) is 0 Å². The third-order valence-electron chi connectivity index (χ3n) is 6.70. The first-order valence-electron chi connectivity index (χ1n) is 11.9. The van der Waals surface area contributed by atoms with Crippen LogP contribution in [0.4, 0.5) is 21.6 Å². The number of benzene rings is 2. The van der Waals surface area contributed by atoms with Gasteiger partial charge in [0, 0.05) is 30.1 Å². The fraction of sp³-hybridized carbons (Fsp3) is 0.222. The molecule has 194 valence electrons. The smallest absolute Gasteiger partial charge is 0.433 e. The van der Waals surface area contributed by atoms with Crippen LogP contribution in [-0.4, -0.2) is 22.6 Å². The summed E-state index contributed by atoms with van der Waals surface area (Å²) in [6.07, 6.45) is -0.599. The van der Waals surface area contributed by atoms with E-state index in [9.17, 15) is 34.0 Å². The SMILES string of the molecule is O=C([O-])CCC(=O)N1c2ccccc2NC2=C(C(=O)C[C@H](c3ccc(F)cc3)C2)[C@H]1c1ccc([N+](=O)[O-])o1. The molecule has 1 amide bonds. The molecule has 5 rings (SSSR count). The number of allylic oxidation sites excluding steroid dienone is 1. The standard InChI is InChI=1S/C27H22FN3O7/c28-17-7-5-15(6-8-17)16-13-19-26(21(32)14-16)27(22-9-11-24(38-22)31(36)37)30(23(33)10-12-25(34)35)20-4-2-1-3-18(20)29-19/h1-9,11,16,27,29H,10,12-14H2,(H,34,35)/p-1/t16-,27-/m1/s1. The lowest BCUT2D eigenvalue weighted by atomic mass is 9.79. The Balaban J connectivity index is 1.68. The molecule has 0 saturated heterocycles.